The molecule has 0 unspecified atom stereocenters. The summed E-state index contributed by atoms with van der Waals surface area (Å²) in [6.07, 6.45) is 4.43. The summed E-state index contributed by atoms with van der Waals surface area (Å²) in [5.41, 5.74) is 5.69. The molecule has 0 atom stereocenters. The third-order valence-electron chi connectivity index (χ3n) is 3.60. The van der Waals surface area contributed by atoms with Gasteiger partial charge in [0.2, 0.25) is 11.6 Å². The van der Waals surface area contributed by atoms with Crippen LogP contribution in [0.1, 0.15) is 15.9 Å². The number of rotatable bonds is 7. The Labute approximate surface area is 167 Å². The number of hydrogen-bond acceptors (Lipinski definition) is 8. The Morgan fingerprint density at radius 1 is 1.14 bits per heavy atom. The number of amides is 1. The highest BCUT2D eigenvalue weighted by Crippen LogP contribution is 2.28. The van der Waals surface area contributed by atoms with E-state index in [9.17, 15) is 14.9 Å². The topological polar surface area (TPSA) is 135 Å². The van der Waals surface area contributed by atoms with Gasteiger partial charge in [-0.05, 0) is 39.7 Å². The number of hydrazine groups is 1. The van der Waals surface area contributed by atoms with Crippen molar-refractivity contribution >= 4 is 39.2 Å². The van der Waals surface area contributed by atoms with E-state index < -0.39 is 10.8 Å². The van der Waals surface area contributed by atoms with E-state index in [4.69, 9.17) is 0 Å². The van der Waals surface area contributed by atoms with Gasteiger partial charge < -0.3 is 5.32 Å². The second-order valence-corrected chi connectivity index (χ2v) is 6.30. The molecule has 0 fully saturated rings. The second-order valence-electron chi connectivity index (χ2n) is 5.45. The first-order valence-corrected chi connectivity index (χ1v) is 8.78. The molecule has 11 heteroatoms. The molecule has 142 valence electrons. The molecule has 1 amide bonds. The molecular formula is C17H14BrN7O3. The lowest BCUT2D eigenvalue weighted by molar-refractivity contribution is -0.383. The number of anilines is 2. The average Bonchev–Trinajstić information content (AvgIpc) is 2.71. The summed E-state index contributed by atoms with van der Waals surface area (Å²) >= 11 is 3.28. The fourth-order valence-electron chi connectivity index (χ4n) is 2.29. The van der Waals surface area contributed by atoms with Gasteiger partial charge in [0, 0.05) is 23.4 Å². The lowest BCUT2D eigenvalue weighted by Crippen LogP contribution is -2.30. The summed E-state index contributed by atoms with van der Waals surface area (Å²) in [6, 6.07) is 10.4. The quantitative estimate of drug-likeness (QED) is 0.374. The number of pyridine rings is 1. The zero-order valence-electron chi connectivity index (χ0n) is 14.3. The molecule has 3 aromatic rings. The second kappa shape index (κ2) is 8.86. The van der Waals surface area contributed by atoms with E-state index >= 15 is 0 Å². The number of carbonyl (C=O) groups is 1. The number of benzene rings is 1. The van der Waals surface area contributed by atoms with Crippen molar-refractivity contribution < 1.29 is 9.72 Å². The molecule has 0 aliphatic heterocycles. The van der Waals surface area contributed by atoms with Gasteiger partial charge in [-0.15, -0.1) is 0 Å². The van der Waals surface area contributed by atoms with E-state index in [0.29, 0.717) is 10.0 Å². The molecule has 0 saturated heterocycles. The zero-order valence-corrected chi connectivity index (χ0v) is 15.9. The van der Waals surface area contributed by atoms with Gasteiger partial charge in [-0.1, -0.05) is 18.2 Å². The van der Waals surface area contributed by atoms with Crippen molar-refractivity contribution in [1.82, 2.24) is 20.4 Å². The maximum Gasteiger partial charge on any atom is 0.354 e. The number of hydrogen-bond donors (Lipinski definition) is 3. The fraction of sp³-hybridized carbons (Fsp3) is 0.0588. The first-order valence-electron chi connectivity index (χ1n) is 7.99. The first kappa shape index (κ1) is 19.2. The van der Waals surface area contributed by atoms with Crippen LogP contribution in [0.5, 0.6) is 0 Å². The summed E-state index contributed by atoms with van der Waals surface area (Å²) in [7, 11) is 0. The van der Waals surface area contributed by atoms with E-state index in [0.717, 1.165) is 11.9 Å². The highest BCUT2D eigenvalue weighted by Gasteiger charge is 2.23. The minimum atomic E-state index is -0.626. The summed E-state index contributed by atoms with van der Waals surface area (Å²) < 4.78 is 0.588. The largest absolute Gasteiger partial charge is 0.360 e. The van der Waals surface area contributed by atoms with Gasteiger partial charge in [-0.2, -0.15) is 0 Å². The van der Waals surface area contributed by atoms with Crippen LogP contribution < -0.4 is 16.2 Å². The van der Waals surface area contributed by atoms with Crippen LogP contribution in [0.4, 0.5) is 17.3 Å². The van der Waals surface area contributed by atoms with Crippen LogP contribution in [0.25, 0.3) is 0 Å². The Morgan fingerprint density at radius 3 is 2.64 bits per heavy atom. The first-order chi connectivity index (χ1) is 13.6. The number of aromatic nitrogens is 3. The Morgan fingerprint density at radius 2 is 1.93 bits per heavy atom. The molecule has 3 rings (SSSR count). The SMILES string of the molecule is O=C(NNc1ncnc(NCc2cccnc2)c1[N+](=O)[O-])c1ccccc1Br. The summed E-state index contributed by atoms with van der Waals surface area (Å²) in [4.78, 5) is 35.0. The number of nitrogens with zero attached hydrogens (tertiary/aromatic N) is 4. The molecule has 0 radical (unpaired) electrons. The Balaban J connectivity index is 1.76. The minimum absolute atomic E-state index is 0.0153. The maximum absolute atomic E-state index is 12.3. The lowest BCUT2D eigenvalue weighted by atomic mass is 10.2. The van der Waals surface area contributed by atoms with E-state index in [-0.39, 0.29) is 23.9 Å². The minimum Gasteiger partial charge on any atom is -0.360 e. The predicted molar refractivity (Wildman–Crippen MR) is 105 cm³/mol. The van der Waals surface area contributed by atoms with Crippen LogP contribution >= 0.6 is 15.9 Å². The van der Waals surface area contributed by atoms with Gasteiger partial charge in [-0.3, -0.25) is 30.7 Å². The Kier molecular flexibility index (Phi) is 6.07. The van der Waals surface area contributed by atoms with Crippen LogP contribution in [-0.2, 0) is 6.54 Å². The van der Waals surface area contributed by atoms with Crippen molar-refractivity contribution in [3.8, 4) is 0 Å². The van der Waals surface area contributed by atoms with Crippen LogP contribution in [0.2, 0.25) is 0 Å². The zero-order chi connectivity index (χ0) is 19.9. The molecule has 10 nitrogen and oxygen atoms in total. The summed E-state index contributed by atoms with van der Waals surface area (Å²) in [5.74, 6) is -0.610. The van der Waals surface area contributed by atoms with Crippen LogP contribution in [0.15, 0.2) is 59.6 Å². The maximum atomic E-state index is 12.3. The van der Waals surface area contributed by atoms with E-state index in [1.165, 1.54) is 0 Å². The molecule has 0 aliphatic rings. The van der Waals surface area contributed by atoms with Gasteiger partial charge in [0.1, 0.15) is 6.33 Å². The van der Waals surface area contributed by atoms with Crippen molar-refractivity contribution in [1.29, 1.82) is 0 Å². The number of carbonyl (C=O) groups excluding carboxylic acids is 1. The fourth-order valence-corrected chi connectivity index (χ4v) is 2.75. The molecule has 2 aromatic heterocycles. The third-order valence-corrected chi connectivity index (χ3v) is 4.29. The molecule has 0 saturated carbocycles. The van der Waals surface area contributed by atoms with Crippen LogP contribution in [0.3, 0.4) is 0 Å². The molecule has 1 aromatic carbocycles. The smallest absolute Gasteiger partial charge is 0.354 e. The lowest BCUT2D eigenvalue weighted by Gasteiger charge is -2.11. The van der Waals surface area contributed by atoms with Gasteiger partial charge in [0.15, 0.2) is 0 Å². The monoisotopic (exact) mass is 443 g/mol. The number of nitrogens with one attached hydrogen (secondary N) is 3. The van der Waals surface area contributed by atoms with Gasteiger partial charge in [0.25, 0.3) is 5.91 Å². The number of halogens is 1. The van der Waals surface area contributed by atoms with Crippen molar-refractivity contribution in [2.75, 3.05) is 10.7 Å². The Hall–Kier alpha value is -3.60. The van der Waals surface area contributed by atoms with Gasteiger partial charge in [-0.25, -0.2) is 9.97 Å². The van der Waals surface area contributed by atoms with E-state index in [1.807, 2.05) is 6.07 Å². The van der Waals surface area contributed by atoms with Crippen LogP contribution in [0, 0.1) is 10.1 Å². The highest BCUT2D eigenvalue weighted by molar-refractivity contribution is 9.10. The average molecular weight is 444 g/mol. The van der Waals surface area contributed by atoms with Crippen LogP contribution in [-0.4, -0.2) is 25.8 Å². The molecule has 3 N–H and O–H groups in total. The standard InChI is InChI=1S/C17H14BrN7O3/c18-13-6-2-1-5-12(13)17(26)24-23-16-14(25(27)28)15(21-10-22-16)20-9-11-4-3-7-19-8-11/h1-8,10H,9H2,(H,24,26)(H2,20,21,22,23). The van der Waals surface area contributed by atoms with E-state index in [1.54, 1.807) is 42.7 Å². The molecule has 0 spiro atoms. The molecule has 0 aliphatic carbocycles. The molecular weight excluding hydrogens is 430 g/mol. The van der Waals surface area contributed by atoms with Crippen molar-refractivity contribution in [3.63, 3.8) is 0 Å². The highest BCUT2D eigenvalue weighted by atomic mass is 79.9. The summed E-state index contributed by atoms with van der Waals surface area (Å²) in [5, 5.41) is 14.4. The number of nitro groups is 1. The van der Waals surface area contributed by atoms with Crippen molar-refractivity contribution in [2.24, 2.45) is 0 Å². The molecule has 2 heterocycles. The van der Waals surface area contributed by atoms with Crippen molar-refractivity contribution in [3.05, 3.63) is 80.8 Å². The van der Waals surface area contributed by atoms with Gasteiger partial charge >= 0.3 is 5.69 Å². The molecule has 28 heavy (non-hydrogen) atoms. The van der Waals surface area contributed by atoms with E-state index in [2.05, 4.69) is 47.1 Å². The van der Waals surface area contributed by atoms with Crippen molar-refractivity contribution in [2.45, 2.75) is 6.54 Å². The van der Waals surface area contributed by atoms with Gasteiger partial charge in [0.05, 0.1) is 10.5 Å². The predicted octanol–water partition coefficient (Wildman–Crippen LogP) is 2.91. The normalized spacial score (nSPS) is 10.2. The third kappa shape index (κ3) is 4.57. The molecule has 0 bridgehead atoms. The summed E-state index contributed by atoms with van der Waals surface area (Å²) in [6.45, 7) is 0.286. The Bertz CT molecular complexity index is 1000.